The molecule has 0 saturated carbocycles. The fraction of sp³-hybridized carbons (Fsp3) is 0.364. The van der Waals surface area contributed by atoms with Gasteiger partial charge in [0.05, 0.1) is 0 Å². The van der Waals surface area contributed by atoms with E-state index in [1.54, 1.807) is 0 Å². The van der Waals surface area contributed by atoms with Gasteiger partial charge in [-0.25, -0.2) is 4.79 Å². The number of urea groups is 1. The average Bonchev–Trinajstić information content (AvgIpc) is 2.26. The Hall–Kier alpha value is -1.55. The lowest BCUT2D eigenvalue weighted by molar-refractivity contribution is 0.252. The van der Waals surface area contributed by atoms with Crippen molar-refractivity contribution in [1.29, 1.82) is 0 Å². The Labute approximate surface area is 89.9 Å². The zero-order chi connectivity index (χ0) is 11.1. The highest BCUT2D eigenvalue weighted by atomic mass is 16.2. The summed E-state index contributed by atoms with van der Waals surface area (Å²) >= 11 is 0. The molecule has 1 rings (SSSR count). The highest BCUT2D eigenvalue weighted by molar-refractivity contribution is 5.89. The van der Waals surface area contributed by atoms with E-state index < -0.39 is 0 Å². The molecule has 2 amide bonds. The summed E-state index contributed by atoms with van der Waals surface area (Å²) in [6.07, 6.45) is 0.927. The third-order valence-electron chi connectivity index (χ3n) is 1.96. The first-order chi connectivity index (χ1) is 7.26. The molecule has 0 aliphatic heterocycles. The average molecular weight is 207 g/mol. The smallest absolute Gasteiger partial charge is 0.319 e. The van der Waals surface area contributed by atoms with Crippen LogP contribution in [0.1, 0.15) is 18.9 Å². The van der Waals surface area contributed by atoms with E-state index in [-0.39, 0.29) is 6.03 Å². The van der Waals surface area contributed by atoms with Crippen molar-refractivity contribution in [2.45, 2.75) is 19.9 Å². The summed E-state index contributed by atoms with van der Waals surface area (Å²) in [7, 11) is 0. The molecule has 1 aromatic rings. The number of anilines is 1. The van der Waals surface area contributed by atoms with Gasteiger partial charge in [-0.2, -0.15) is 0 Å². The molecule has 0 bridgehead atoms. The second-order valence-electron chi connectivity index (χ2n) is 3.29. The van der Waals surface area contributed by atoms with Crippen LogP contribution in [0.2, 0.25) is 0 Å². The molecule has 0 spiro atoms. The van der Waals surface area contributed by atoms with Crippen molar-refractivity contribution in [2.24, 2.45) is 5.73 Å². The molecule has 0 heterocycles. The van der Waals surface area contributed by atoms with E-state index in [1.807, 2.05) is 31.2 Å². The second kappa shape index (κ2) is 6.03. The predicted molar refractivity (Wildman–Crippen MR) is 61.6 cm³/mol. The zero-order valence-electron chi connectivity index (χ0n) is 8.92. The van der Waals surface area contributed by atoms with Crippen LogP contribution in [-0.4, -0.2) is 12.6 Å². The fourth-order valence-electron chi connectivity index (χ4n) is 1.19. The van der Waals surface area contributed by atoms with Crippen LogP contribution in [0.15, 0.2) is 24.3 Å². The molecule has 0 radical (unpaired) electrons. The van der Waals surface area contributed by atoms with Crippen molar-refractivity contribution in [2.75, 3.05) is 11.9 Å². The Balaban J connectivity index is 2.52. The first-order valence-corrected chi connectivity index (χ1v) is 5.10. The number of benzene rings is 1. The van der Waals surface area contributed by atoms with Gasteiger partial charge in [-0.05, 0) is 24.1 Å². The molecule has 15 heavy (non-hydrogen) atoms. The quantitative estimate of drug-likeness (QED) is 0.703. The van der Waals surface area contributed by atoms with Crippen molar-refractivity contribution in [3.05, 3.63) is 29.8 Å². The van der Waals surface area contributed by atoms with Crippen LogP contribution < -0.4 is 16.4 Å². The van der Waals surface area contributed by atoms with E-state index in [1.165, 1.54) is 0 Å². The van der Waals surface area contributed by atoms with Gasteiger partial charge in [0, 0.05) is 18.8 Å². The summed E-state index contributed by atoms with van der Waals surface area (Å²) in [5.41, 5.74) is 7.27. The molecule has 0 unspecified atom stereocenters. The number of hydrogen-bond acceptors (Lipinski definition) is 2. The minimum Gasteiger partial charge on any atom is -0.338 e. The first kappa shape index (κ1) is 11.5. The van der Waals surface area contributed by atoms with E-state index in [2.05, 4.69) is 10.6 Å². The largest absolute Gasteiger partial charge is 0.338 e. The Morgan fingerprint density at radius 2 is 2.27 bits per heavy atom. The van der Waals surface area contributed by atoms with Crippen LogP contribution in [0.5, 0.6) is 0 Å². The third-order valence-corrected chi connectivity index (χ3v) is 1.96. The summed E-state index contributed by atoms with van der Waals surface area (Å²) in [6.45, 7) is 3.17. The van der Waals surface area contributed by atoms with Gasteiger partial charge in [0.2, 0.25) is 0 Å². The van der Waals surface area contributed by atoms with Crippen molar-refractivity contribution < 1.29 is 4.79 Å². The maximum atomic E-state index is 11.3. The van der Waals surface area contributed by atoms with Crippen LogP contribution in [0.3, 0.4) is 0 Å². The number of nitrogens with one attached hydrogen (secondary N) is 2. The number of rotatable bonds is 4. The Bertz CT molecular complexity index is 325. The summed E-state index contributed by atoms with van der Waals surface area (Å²) in [4.78, 5) is 11.3. The zero-order valence-corrected chi connectivity index (χ0v) is 8.92. The molecule has 4 nitrogen and oxygen atoms in total. The molecule has 4 N–H and O–H groups in total. The van der Waals surface area contributed by atoms with Gasteiger partial charge in [-0.1, -0.05) is 19.1 Å². The molecule has 4 heteroatoms. The number of carbonyl (C=O) groups is 1. The van der Waals surface area contributed by atoms with Crippen LogP contribution in [0.25, 0.3) is 0 Å². The molecule has 0 fully saturated rings. The number of nitrogens with two attached hydrogens (primary N) is 1. The molecular formula is C11H17N3O. The summed E-state index contributed by atoms with van der Waals surface area (Å²) in [5.74, 6) is 0. The molecule has 0 aromatic heterocycles. The van der Waals surface area contributed by atoms with Crippen LogP contribution in [0, 0.1) is 0 Å². The summed E-state index contributed by atoms with van der Waals surface area (Å²) < 4.78 is 0. The van der Waals surface area contributed by atoms with Crippen molar-refractivity contribution in [1.82, 2.24) is 5.32 Å². The lowest BCUT2D eigenvalue weighted by atomic mass is 10.2. The maximum Gasteiger partial charge on any atom is 0.319 e. The Kier molecular flexibility index (Phi) is 4.63. The van der Waals surface area contributed by atoms with Gasteiger partial charge in [-0.3, -0.25) is 0 Å². The van der Waals surface area contributed by atoms with Gasteiger partial charge in [0.15, 0.2) is 0 Å². The highest BCUT2D eigenvalue weighted by Crippen LogP contribution is 2.09. The lowest BCUT2D eigenvalue weighted by Gasteiger charge is -2.07. The van der Waals surface area contributed by atoms with E-state index >= 15 is 0 Å². The van der Waals surface area contributed by atoms with Gasteiger partial charge in [0.25, 0.3) is 0 Å². The summed E-state index contributed by atoms with van der Waals surface area (Å²) in [5, 5.41) is 5.48. The van der Waals surface area contributed by atoms with Crippen molar-refractivity contribution >= 4 is 11.7 Å². The monoisotopic (exact) mass is 207 g/mol. The van der Waals surface area contributed by atoms with Crippen LogP contribution in [-0.2, 0) is 6.54 Å². The molecular weight excluding hydrogens is 190 g/mol. The molecule has 82 valence electrons. The predicted octanol–water partition coefficient (Wildman–Crippen LogP) is 1.68. The number of carbonyl (C=O) groups excluding carboxylic acids is 1. The maximum absolute atomic E-state index is 11.3. The van der Waals surface area contributed by atoms with Gasteiger partial charge in [0.1, 0.15) is 0 Å². The molecule has 0 atom stereocenters. The number of hydrogen-bond donors (Lipinski definition) is 3. The molecule has 1 aromatic carbocycles. The summed E-state index contributed by atoms with van der Waals surface area (Å²) in [6, 6.07) is 7.33. The van der Waals surface area contributed by atoms with E-state index in [0.29, 0.717) is 13.1 Å². The SMILES string of the molecule is CCCNC(=O)Nc1cccc(CN)c1. The standard InChI is InChI=1S/C11H17N3O/c1-2-6-13-11(15)14-10-5-3-4-9(7-10)8-12/h3-5,7H,2,6,8,12H2,1H3,(H2,13,14,15). The van der Waals surface area contributed by atoms with Crippen molar-refractivity contribution in [3.63, 3.8) is 0 Å². The number of amides is 2. The minimum absolute atomic E-state index is 0.175. The van der Waals surface area contributed by atoms with Gasteiger partial charge < -0.3 is 16.4 Å². The third kappa shape index (κ3) is 3.99. The minimum atomic E-state index is -0.175. The normalized spacial score (nSPS) is 9.73. The molecule has 0 aliphatic carbocycles. The van der Waals surface area contributed by atoms with E-state index in [0.717, 1.165) is 17.7 Å². The molecule has 0 aliphatic rings. The van der Waals surface area contributed by atoms with E-state index in [9.17, 15) is 4.79 Å². The van der Waals surface area contributed by atoms with Crippen molar-refractivity contribution in [3.8, 4) is 0 Å². The van der Waals surface area contributed by atoms with Crippen LogP contribution >= 0.6 is 0 Å². The first-order valence-electron chi connectivity index (χ1n) is 5.10. The topological polar surface area (TPSA) is 67.2 Å². The Morgan fingerprint density at radius 1 is 1.47 bits per heavy atom. The van der Waals surface area contributed by atoms with E-state index in [4.69, 9.17) is 5.73 Å². The Morgan fingerprint density at radius 3 is 2.93 bits per heavy atom. The lowest BCUT2D eigenvalue weighted by Crippen LogP contribution is -2.29. The van der Waals surface area contributed by atoms with Gasteiger partial charge in [-0.15, -0.1) is 0 Å². The molecule has 0 saturated heterocycles. The van der Waals surface area contributed by atoms with Gasteiger partial charge >= 0.3 is 6.03 Å². The second-order valence-corrected chi connectivity index (χ2v) is 3.29. The fourth-order valence-corrected chi connectivity index (χ4v) is 1.19. The van der Waals surface area contributed by atoms with Crippen LogP contribution in [0.4, 0.5) is 10.5 Å². The highest BCUT2D eigenvalue weighted by Gasteiger charge is 2.00.